The van der Waals surface area contributed by atoms with Crippen LogP contribution in [0.15, 0.2) is 24.3 Å². The van der Waals surface area contributed by atoms with Crippen LogP contribution in [0.1, 0.15) is 37.3 Å². The van der Waals surface area contributed by atoms with Gasteiger partial charge in [0.05, 0.1) is 5.60 Å². The van der Waals surface area contributed by atoms with Gasteiger partial charge in [-0.25, -0.2) is 0 Å². The number of terminal acetylenes is 1. The summed E-state index contributed by atoms with van der Waals surface area (Å²) in [7, 11) is 0. The molecule has 1 nitrogen and oxygen atoms in total. The van der Waals surface area contributed by atoms with E-state index in [4.69, 9.17) is 6.42 Å². The van der Waals surface area contributed by atoms with Gasteiger partial charge in [-0.05, 0) is 32.3 Å². The number of aliphatic hydroxyl groups is 1. The van der Waals surface area contributed by atoms with Gasteiger partial charge in [-0.2, -0.15) is 0 Å². The quantitative estimate of drug-likeness (QED) is 0.588. The molecule has 0 aliphatic carbocycles. The zero-order chi connectivity index (χ0) is 11.3. The first-order chi connectivity index (χ1) is 7.06. The molecule has 80 valence electrons. The Labute approximate surface area is 92.1 Å². The van der Waals surface area contributed by atoms with Crippen molar-refractivity contribution in [3.63, 3.8) is 0 Å². The van der Waals surface area contributed by atoms with Gasteiger partial charge in [0.2, 0.25) is 0 Å². The Kier molecular flexibility index (Phi) is 3.94. The predicted molar refractivity (Wildman–Crippen MR) is 63.4 cm³/mol. The van der Waals surface area contributed by atoms with Crippen molar-refractivity contribution >= 4 is 0 Å². The van der Waals surface area contributed by atoms with Gasteiger partial charge in [-0.15, -0.1) is 12.3 Å². The average Bonchev–Trinajstić information content (AvgIpc) is 2.18. The van der Waals surface area contributed by atoms with Crippen LogP contribution < -0.4 is 0 Å². The molecular formula is C14H18O. The summed E-state index contributed by atoms with van der Waals surface area (Å²) in [5.41, 5.74) is 1.41. The summed E-state index contributed by atoms with van der Waals surface area (Å²) in [6.07, 6.45) is 7.48. The summed E-state index contributed by atoms with van der Waals surface area (Å²) >= 11 is 0. The van der Waals surface area contributed by atoms with E-state index in [2.05, 4.69) is 5.92 Å². The van der Waals surface area contributed by atoms with E-state index < -0.39 is 5.60 Å². The van der Waals surface area contributed by atoms with E-state index in [-0.39, 0.29) is 0 Å². The SMILES string of the molecule is C#CCCCC(C)(O)c1ccc(C)cc1. The Morgan fingerprint density at radius 2 is 1.93 bits per heavy atom. The first-order valence-corrected chi connectivity index (χ1v) is 5.29. The molecular weight excluding hydrogens is 184 g/mol. The number of hydrogen-bond donors (Lipinski definition) is 1. The van der Waals surface area contributed by atoms with E-state index in [0.717, 1.165) is 18.4 Å². The van der Waals surface area contributed by atoms with Gasteiger partial charge in [0.1, 0.15) is 0 Å². The molecule has 1 aromatic carbocycles. The molecule has 15 heavy (non-hydrogen) atoms. The normalized spacial score (nSPS) is 14.3. The molecule has 0 bridgehead atoms. The highest BCUT2D eigenvalue weighted by molar-refractivity contribution is 5.25. The van der Waals surface area contributed by atoms with Gasteiger partial charge >= 0.3 is 0 Å². The van der Waals surface area contributed by atoms with Crippen molar-refractivity contribution < 1.29 is 5.11 Å². The lowest BCUT2D eigenvalue weighted by Crippen LogP contribution is -2.20. The Bertz CT molecular complexity index is 341. The lowest BCUT2D eigenvalue weighted by atomic mass is 9.90. The molecule has 0 heterocycles. The second-order valence-corrected chi connectivity index (χ2v) is 4.20. The highest BCUT2D eigenvalue weighted by Crippen LogP contribution is 2.26. The molecule has 1 rings (SSSR count). The van der Waals surface area contributed by atoms with Crippen LogP contribution in [0.5, 0.6) is 0 Å². The fourth-order valence-electron chi connectivity index (χ4n) is 1.59. The summed E-state index contributed by atoms with van der Waals surface area (Å²) in [5.74, 6) is 2.59. The van der Waals surface area contributed by atoms with Crippen molar-refractivity contribution in [1.82, 2.24) is 0 Å². The van der Waals surface area contributed by atoms with Crippen LogP contribution in [0.4, 0.5) is 0 Å². The minimum atomic E-state index is -0.759. The summed E-state index contributed by atoms with van der Waals surface area (Å²) in [5, 5.41) is 10.2. The lowest BCUT2D eigenvalue weighted by molar-refractivity contribution is 0.0460. The summed E-state index contributed by atoms with van der Waals surface area (Å²) in [6, 6.07) is 7.99. The highest BCUT2D eigenvalue weighted by Gasteiger charge is 2.21. The fourth-order valence-corrected chi connectivity index (χ4v) is 1.59. The van der Waals surface area contributed by atoms with Gasteiger partial charge in [0, 0.05) is 6.42 Å². The van der Waals surface area contributed by atoms with Crippen LogP contribution >= 0.6 is 0 Å². The Balaban J connectivity index is 2.68. The Hall–Kier alpha value is -1.26. The van der Waals surface area contributed by atoms with Gasteiger partial charge < -0.3 is 5.11 Å². The van der Waals surface area contributed by atoms with Crippen molar-refractivity contribution in [1.29, 1.82) is 0 Å². The van der Waals surface area contributed by atoms with Crippen molar-refractivity contribution in [2.24, 2.45) is 0 Å². The van der Waals surface area contributed by atoms with Crippen LogP contribution in [-0.2, 0) is 5.60 Å². The van der Waals surface area contributed by atoms with Crippen LogP contribution in [0, 0.1) is 19.3 Å². The van der Waals surface area contributed by atoms with Crippen LogP contribution in [0.25, 0.3) is 0 Å². The van der Waals surface area contributed by atoms with Gasteiger partial charge in [-0.1, -0.05) is 29.8 Å². The van der Waals surface area contributed by atoms with E-state index in [1.165, 1.54) is 5.56 Å². The summed E-state index contributed by atoms with van der Waals surface area (Å²) < 4.78 is 0. The van der Waals surface area contributed by atoms with Crippen molar-refractivity contribution in [2.45, 2.75) is 38.7 Å². The van der Waals surface area contributed by atoms with Crippen molar-refractivity contribution in [3.8, 4) is 12.3 Å². The number of aryl methyl sites for hydroxylation is 1. The topological polar surface area (TPSA) is 20.2 Å². The lowest BCUT2D eigenvalue weighted by Gasteiger charge is -2.23. The molecule has 0 radical (unpaired) electrons. The third-order valence-electron chi connectivity index (χ3n) is 2.66. The fraction of sp³-hybridized carbons (Fsp3) is 0.429. The second kappa shape index (κ2) is 5.00. The molecule has 0 amide bonds. The minimum Gasteiger partial charge on any atom is -0.385 e. The molecule has 0 spiro atoms. The molecule has 1 N–H and O–H groups in total. The van der Waals surface area contributed by atoms with E-state index in [1.54, 1.807) is 0 Å². The molecule has 1 atom stereocenters. The summed E-state index contributed by atoms with van der Waals surface area (Å²) in [4.78, 5) is 0. The van der Waals surface area contributed by atoms with Crippen molar-refractivity contribution in [3.05, 3.63) is 35.4 Å². The molecule has 0 aromatic heterocycles. The molecule has 0 fully saturated rings. The molecule has 1 aromatic rings. The number of benzene rings is 1. The molecule has 1 unspecified atom stereocenters. The molecule has 0 saturated carbocycles. The van der Waals surface area contributed by atoms with Gasteiger partial charge in [0.25, 0.3) is 0 Å². The maximum absolute atomic E-state index is 10.2. The van der Waals surface area contributed by atoms with Crippen LogP contribution in [0.3, 0.4) is 0 Å². The zero-order valence-electron chi connectivity index (χ0n) is 9.46. The first-order valence-electron chi connectivity index (χ1n) is 5.29. The molecule has 0 saturated heterocycles. The zero-order valence-corrected chi connectivity index (χ0v) is 9.46. The van der Waals surface area contributed by atoms with Crippen molar-refractivity contribution in [2.75, 3.05) is 0 Å². The number of hydrogen-bond acceptors (Lipinski definition) is 1. The Morgan fingerprint density at radius 3 is 2.47 bits per heavy atom. The van der Waals surface area contributed by atoms with E-state index in [0.29, 0.717) is 6.42 Å². The largest absolute Gasteiger partial charge is 0.385 e. The highest BCUT2D eigenvalue weighted by atomic mass is 16.3. The van der Waals surface area contributed by atoms with E-state index >= 15 is 0 Å². The minimum absolute atomic E-state index is 0.709. The smallest absolute Gasteiger partial charge is 0.0868 e. The maximum Gasteiger partial charge on any atom is 0.0868 e. The van der Waals surface area contributed by atoms with Gasteiger partial charge in [-0.3, -0.25) is 0 Å². The molecule has 0 aliphatic heterocycles. The second-order valence-electron chi connectivity index (χ2n) is 4.20. The maximum atomic E-state index is 10.2. The van der Waals surface area contributed by atoms with Gasteiger partial charge in [0.15, 0.2) is 0 Å². The summed E-state index contributed by atoms with van der Waals surface area (Å²) in [6.45, 7) is 3.88. The van der Waals surface area contributed by atoms with E-state index in [9.17, 15) is 5.11 Å². The monoisotopic (exact) mass is 202 g/mol. The first kappa shape index (κ1) is 11.8. The molecule has 1 heteroatoms. The third-order valence-corrected chi connectivity index (χ3v) is 2.66. The molecule has 0 aliphatic rings. The average molecular weight is 202 g/mol. The number of rotatable bonds is 4. The third kappa shape index (κ3) is 3.42. The van der Waals surface area contributed by atoms with Crippen LogP contribution in [-0.4, -0.2) is 5.11 Å². The van der Waals surface area contributed by atoms with E-state index in [1.807, 2.05) is 38.1 Å². The van der Waals surface area contributed by atoms with Crippen LogP contribution in [0.2, 0.25) is 0 Å². The predicted octanol–water partition coefficient (Wildman–Crippen LogP) is 3.01. The number of unbranched alkanes of at least 4 members (excludes halogenated alkanes) is 1. The Morgan fingerprint density at radius 1 is 1.33 bits per heavy atom. The standard InChI is InChI=1S/C14H18O/c1-4-5-6-11-14(3,15)13-9-7-12(2)8-10-13/h1,7-10,15H,5-6,11H2,2-3H3.